The fourth-order valence-electron chi connectivity index (χ4n) is 5.57. The van der Waals surface area contributed by atoms with Crippen LogP contribution in [0.5, 0.6) is 0 Å². The molecule has 0 fully saturated rings. The summed E-state index contributed by atoms with van der Waals surface area (Å²) >= 11 is 7.92. The van der Waals surface area contributed by atoms with Crippen LogP contribution in [0.4, 0.5) is 0 Å². The molecule has 0 amide bonds. The zero-order valence-corrected chi connectivity index (χ0v) is 26.8. The van der Waals surface area contributed by atoms with Gasteiger partial charge in [0, 0.05) is 32.8 Å². The molecule has 0 aliphatic carbocycles. The van der Waals surface area contributed by atoms with Crippen molar-refractivity contribution in [3.8, 4) is 21.7 Å². The van der Waals surface area contributed by atoms with Crippen LogP contribution in [0.3, 0.4) is 0 Å². The summed E-state index contributed by atoms with van der Waals surface area (Å²) in [6.07, 6.45) is -0.713. The molecule has 2 heterocycles. The van der Waals surface area contributed by atoms with Crippen molar-refractivity contribution in [1.29, 1.82) is 0 Å². The SMILES string of the molecule is CC(=O)[C@@H](OC(C)(C)C)c1c(C)cc2nc(-c3ccc4nn(Cc5ccccc5)c(C)c4c3)sc2c1-c1ccc(Cl)cc1. The molecule has 0 aliphatic heterocycles. The van der Waals surface area contributed by atoms with E-state index < -0.39 is 11.7 Å². The van der Waals surface area contributed by atoms with Gasteiger partial charge >= 0.3 is 0 Å². The number of hydrogen-bond acceptors (Lipinski definition) is 5. The third-order valence-corrected chi connectivity index (χ3v) is 8.98. The van der Waals surface area contributed by atoms with Crippen LogP contribution >= 0.6 is 22.9 Å². The second-order valence-corrected chi connectivity index (χ2v) is 13.5. The predicted molar refractivity (Wildman–Crippen MR) is 178 cm³/mol. The van der Waals surface area contributed by atoms with Crippen LogP contribution in [0.2, 0.25) is 5.02 Å². The molecule has 43 heavy (non-hydrogen) atoms. The normalized spacial score (nSPS) is 12.7. The number of ether oxygens (including phenoxy) is 1. The molecule has 6 rings (SSSR count). The van der Waals surface area contributed by atoms with Crippen molar-refractivity contribution in [2.24, 2.45) is 0 Å². The lowest BCUT2D eigenvalue weighted by Crippen LogP contribution is -2.27. The van der Waals surface area contributed by atoms with Crippen molar-refractivity contribution >= 4 is 49.8 Å². The zero-order chi connectivity index (χ0) is 30.5. The van der Waals surface area contributed by atoms with E-state index in [9.17, 15) is 4.79 Å². The molecule has 1 atom stereocenters. The van der Waals surface area contributed by atoms with Crippen molar-refractivity contribution in [2.75, 3.05) is 0 Å². The number of Topliss-reactive ketones (excluding diaryl/α,β-unsaturated/α-hetero) is 1. The summed E-state index contributed by atoms with van der Waals surface area (Å²) in [6, 6.07) is 26.6. The monoisotopic (exact) mass is 607 g/mol. The van der Waals surface area contributed by atoms with Crippen molar-refractivity contribution < 1.29 is 9.53 Å². The summed E-state index contributed by atoms with van der Waals surface area (Å²) in [5.74, 6) is -0.0363. The molecule has 0 unspecified atom stereocenters. The van der Waals surface area contributed by atoms with Gasteiger partial charge in [0.05, 0.1) is 27.9 Å². The molecule has 218 valence electrons. The first kappa shape index (κ1) is 29.2. The average molecular weight is 608 g/mol. The number of nitrogens with zero attached hydrogens (tertiary/aromatic N) is 3. The van der Waals surface area contributed by atoms with Crippen LogP contribution < -0.4 is 0 Å². The van der Waals surface area contributed by atoms with Gasteiger partial charge in [0.1, 0.15) is 11.1 Å². The number of carbonyl (C=O) groups excluding carboxylic acids is 1. The second kappa shape index (κ2) is 11.3. The highest BCUT2D eigenvalue weighted by Gasteiger charge is 2.30. The molecule has 5 nitrogen and oxygen atoms in total. The van der Waals surface area contributed by atoms with Gasteiger partial charge in [-0.05, 0) is 94.6 Å². The fourth-order valence-corrected chi connectivity index (χ4v) is 6.82. The maximum atomic E-state index is 13.1. The lowest BCUT2D eigenvalue weighted by Gasteiger charge is -2.29. The van der Waals surface area contributed by atoms with E-state index in [1.807, 2.05) is 58.0 Å². The number of aryl methyl sites for hydroxylation is 2. The maximum Gasteiger partial charge on any atom is 0.163 e. The Morgan fingerprint density at radius 1 is 0.953 bits per heavy atom. The largest absolute Gasteiger partial charge is 0.360 e. The predicted octanol–water partition coefficient (Wildman–Crippen LogP) is 9.74. The van der Waals surface area contributed by atoms with Crippen LogP contribution in [-0.4, -0.2) is 26.1 Å². The van der Waals surface area contributed by atoms with Gasteiger partial charge in [0.2, 0.25) is 0 Å². The molecule has 0 saturated carbocycles. The van der Waals surface area contributed by atoms with Gasteiger partial charge in [-0.3, -0.25) is 9.48 Å². The fraction of sp³-hybridized carbons (Fsp3) is 0.250. The number of fused-ring (bicyclic) bond motifs is 2. The quantitative estimate of drug-likeness (QED) is 0.181. The van der Waals surface area contributed by atoms with Crippen LogP contribution in [0.1, 0.15) is 56.2 Å². The van der Waals surface area contributed by atoms with E-state index in [2.05, 4.69) is 60.1 Å². The second-order valence-electron chi connectivity index (χ2n) is 12.0. The van der Waals surface area contributed by atoms with Crippen molar-refractivity contribution in [3.63, 3.8) is 0 Å². The molecular weight excluding hydrogens is 574 g/mol. The van der Waals surface area contributed by atoms with Crippen LogP contribution in [0.15, 0.2) is 78.9 Å². The Kier molecular flexibility index (Phi) is 7.71. The molecule has 0 aliphatic rings. The van der Waals surface area contributed by atoms with Crippen molar-refractivity contribution in [3.05, 3.63) is 106 Å². The van der Waals surface area contributed by atoms with E-state index in [4.69, 9.17) is 26.4 Å². The van der Waals surface area contributed by atoms with E-state index in [-0.39, 0.29) is 5.78 Å². The third-order valence-electron chi connectivity index (χ3n) is 7.59. The Hall–Kier alpha value is -3.84. The smallest absolute Gasteiger partial charge is 0.163 e. The average Bonchev–Trinajstić information content (AvgIpc) is 3.52. The first-order chi connectivity index (χ1) is 20.5. The van der Waals surface area contributed by atoms with Crippen molar-refractivity contribution in [1.82, 2.24) is 14.8 Å². The minimum absolute atomic E-state index is 0.0363. The topological polar surface area (TPSA) is 57.0 Å². The first-order valence-corrected chi connectivity index (χ1v) is 15.6. The molecule has 7 heteroatoms. The summed E-state index contributed by atoms with van der Waals surface area (Å²) in [7, 11) is 0. The van der Waals surface area contributed by atoms with E-state index in [0.29, 0.717) is 5.02 Å². The number of aromatic nitrogens is 3. The number of benzene rings is 4. The van der Waals surface area contributed by atoms with Crippen LogP contribution in [-0.2, 0) is 16.1 Å². The molecule has 6 aromatic rings. The Morgan fingerprint density at radius 2 is 1.65 bits per heavy atom. The summed E-state index contributed by atoms with van der Waals surface area (Å²) in [4.78, 5) is 18.2. The molecular formula is C36H34ClN3O2S. The van der Waals surface area contributed by atoms with Gasteiger partial charge in [-0.2, -0.15) is 5.10 Å². The Bertz CT molecular complexity index is 1970. The van der Waals surface area contributed by atoms with Crippen LogP contribution in [0, 0.1) is 13.8 Å². The van der Waals surface area contributed by atoms with Gasteiger partial charge in [-0.25, -0.2) is 4.98 Å². The van der Waals surface area contributed by atoms with Gasteiger partial charge in [0.25, 0.3) is 0 Å². The molecule has 0 N–H and O–H groups in total. The summed E-state index contributed by atoms with van der Waals surface area (Å²) in [5.41, 5.74) is 8.48. The molecule has 4 aromatic carbocycles. The van der Waals surface area contributed by atoms with E-state index in [0.717, 1.165) is 66.2 Å². The van der Waals surface area contributed by atoms with E-state index >= 15 is 0 Å². The maximum absolute atomic E-state index is 13.1. The summed E-state index contributed by atoms with van der Waals surface area (Å²) < 4.78 is 9.47. The minimum Gasteiger partial charge on any atom is -0.360 e. The molecule has 0 spiro atoms. The van der Waals surface area contributed by atoms with Gasteiger partial charge in [-0.1, -0.05) is 54.1 Å². The van der Waals surface area contributed by atoms with E-state index in [1.165, 1.54) is 5.56 Å². The molecule has 2 aromatic heterocycles. The highest BCUT2D eigenvalue weighted by atomic mass is 35.5. The van der Waals surface area contributed by atoms with E-state index in [1.54, 1.807) is 18.3 Å². The lowest BCUT2D eigenvalue weighted by molar-refractivity contribution is -0.138. The number of ketones is 1. The Balaban J connectivity index is 1.51. The Labute approximate surface area is 261 Å². The zero-order valence-electron chi connectivity index (χ0n) is 25.2. The molecule has 0 radical (unpaired) electrons. The number of thiazole rings is 1. The first-order valence-electron chi connectivity index (χ1n) is 14.4. The van der Waals surface area contributed by atoms with Crippen LogP contribution in [0.25, 0.3) is 42.8 Å². The minimum atomic E-state index is -0.713. The third kappa shape index (κ3) is 5.87. The number of halogens is 1. The number of carbonyl (C=O) groups is 1. The summed E-state index contributed by atoms with van der Waals surface area (Å²) in [5, 5.41) is 7.56. The van der Waals surface area contributed by atoms with Gasteiger partial charge in [0.15, 0.2) is 5.78 Å². The number of rotatable bonds is 7. The van der Waals surface area contributed by atoms with Gasteiger partial charge in [-0.15, -0.1) is 11.3 Å². The lowest BCUT2D eigenvalue weighted by atomic mass is 9.90. The highest BCUT2D eigenvalue weighted by molar-refractivity contribution is 7.22. The van der Waals surface area contributed by atoms with Gasteiger partial charge < -0.3 is 4.74 Å². The number of hydrogen-bond donors (Lipinski definition) is 0. The molecule has 0 bridgehead atoms. The van der Waals surface area contributed by atoms with Crippen molar-refractivity contribution in [2.45, 2.75) is 59.8 Å². The summed E-state index contributed by atoms with van der Waals surface area (Å²) in [6.45, 7) is 12.4. The standard InChI is InChI=1S/C36H34ClN3O2S/c1-21-18-30-34(32(25-12-15-27(37)16-13-25)31(21)33(23(3)41)42-36(4,5)6)43-35(38-30)26-14-17-29-28(19-26)22(2)40(39-29)20-24-10-8-7-9-11-24/h7-19,33H,20H2,1-6H3/t33-/m1/s1. The Morgan fingerprint density at radius 3 is 2.33 bits per heavy atom. The molecule has 0 saturated heterocycles. The highest BCUT2D eigenvalue weighted by Crippen LogP contribution is 2.44.